The topological polar surface area (TPSA) is 58.4 Å². The van der Waals surface area contributed by atoms with Gasteiger partial charge in [-0.25, -0.2) is 4.98 Å². The Morgan fingerprint density at radius 1 is 1.64 bits per heavy atom. The van der Waals surface area contributed by atoms with Gasteiger partial charge in [-0.1, -0.05) is 6.92 Å². The van der Waals surface area contributed by atoms with Crippen LogP contribution in [-0.2, 0) is 11.3 Å². The Hall–Kier alpha value is -1.36. The lowest BCUT2D eigenvalue weighted by atomic mass is 10.4. The highest BCUT2D eigenvalue weighted by atomic mass is 16.4. The molecule has 5 heteroatoms. The number of hydrogen-bond donors (Lipinski definition) is 1. The van der Waals surface area contributed by atoms with Crippen molar-refractivity contribution in [2.75, 3.05) is 19.6 Å². The van der Waals surface area contributed by atoms with Crippen molar-refractivity contribution in [3.63, 3.8) is 0 Å². The van der Waals surface area contributed by atoms with E-state index in [1.807, 2.05) is 22.6 Å². The molecule has 1 aromatic rings. The monoisotopic (exact) mass is 197 g/mol. The van der Waals surface area contributed by atoms with Crippen LogP contribution in [-0.4, -0.2) is 45.2 Å². The standard InChI is InChI=1S/C9H15N3O2/c1-2-11(7-9(13)14)5-6-12-4-3-10-8-12/h3-4,8H,2,5-7H2,1H3,(H,13,14). The Bertz CT molecular complexity index is 272. The first-order chi connectivity index (χ1) is 6.72. The summed E-state index contributed by atoms with van der Waals surface area (Å²) in [6.07, 6.45) is 5.32. The van der Waals surface area contributed by atoms with Crippen molar-refractivity contribution in [2.45, 2.75) is 13.5 Å². The van der Waals surface area contributed by atoms with E-state index in [1.54, 1.807) is 12.5 Å². The fourth-order valence-electron chi connectivity index (χ4n) is 1.22. The normalized spacial score (nSPS) is 10.7. The molecule has 0 spiro atoms. The zero-order chi connectivity index (χ0) is 10.4. The van der Waals surface area contributed by atoms with Crippen LogP contribution >= 0.6 is 0 Å². The molecule has 0 aliphatic carbocycles. The Labute approximate surface area is 83.0 Å². The molecule has 0 saturated carbocycles. The number of carbonyl (C=O) groups is 1. The van der Waals surface area contributed by atoms with Gasteiger partial charge in [-0.2, -0.15) is 0 Å². The molecule has 78 valence electrons. The third-order valence-corrected chi connectivity index (χ3v) is 2.04. The fourth-order valence-corrected chi connectivity index (χ4v) is 1.22. The smallest absolute Gasteiger partial charge is 0.317 e. The summed E-state index contributed by atoms with van der Waals surface area (Å²) in [5.74, 6) is -0.780. The maximum atomic E-state index is 10.5. The van der Waals surface area contributed by atoms with Gasteiger partial charge in [0.05, 0.1) is 12.9 Å². The minimum atomic E-state index is -0.780. The highest BCUT2D eigenvalue weighted by molar-refractivity contribution is 5.69. The van der Waals surface area contributed by atoms with Crippen molar-refractivity contribution in [3.8, 4) is 0 Å². The van der Waals surface area contributed by atoms with Gasteiger partial charge in [-0.15, -0.1) is 0 Å². The summed E-state index contributed by atoms with van der Waals surface area (Å²) in [4.78, 5) is 16.3. The summed E-state index contributed by atoms with van der Waals surface area (Å²) in [5, 5.41) is 8.61. The molecule has 1 heterocycles. The molecule has 0 aromatic carbocycles. The van der Waals surface area contributed by atoms with Crippen LogP contribution in [0.15, 0.2) is 18.7 Å². The third-order valence-electron chi connectivity index (χ3n) is 2.04. The Kier molecular flexibility index (Phi) is 4.12. The maximum Gasteiger partial charge on any atom is 0.317 e. The van der Waals surface area contributed by atoms with E-state index >= 15 is 0 Å². The van der Waals surface area contributed by atoms with E-state index in [0.717, 1.165) is 19.6 Å². The predicted molar refractivity (Wildman–Crippen MR) is 52.0 cm³/mol. The number of likely N-dealkylation sites (N-methyl/N-ethyl adjacent to an activating group) is 1. The molecule has 5 nitrogen and oxygen atoms in total. The van der Waals surface area contributed by atoms with Gasteiger partial charge in [0, 0.05) is 25.5 Å². The fraction of sp³-hybridized carbons (Fsp3) is 0.556. The van der Waals surface area contributed by atoms with Crippen molar-refractivity contribution < 1.29 is 9.90 Å². The van der Waals surface area contributed by atoms with Gasteiger partial charge in [0.2, 0.25) is 0 Å². The summed E-state index contributed by atoms with van der Waals surface area (Å²) in [5.41, 5.74) is 0. The number of carboxylic acid groups (broad SMARTS) is 1. The van der Waals surface area contributed by atoms with Crippen LogP contribution in [0.1, 0.15) is 6.92 Å². The van der Waals surface area contributed by atoms with Crippen molar-refractivity contribution >= 4 is 5.97 Å². The van der Waals surface area contributed by atoms with E-state index in [4.69, 9.17) is 5.11 Å². The maximum absolute atomic E-state index is 10.5. The summed E-state index contributed by atoms with van der Waals surface area (Å²) in [6, 6.07) is 0. The van der Waals surface area contributed by atoms with E-state index in [2.05, 4.69) is 4.98 Å². The van der Waals surface area contributed by atoms with Crippen LogP contribution in [0.4, 0.5) is 0 Å². The van der Waals surface area contributed by atoms with Crippen LogP contribution in [0, 0.1) is 0 Å². The average Bonchev–Trinajstić information content (AvgIpc) is 2.64. The van der Waals surface area contributed by atoms with Crippen LogP contribution in [0.25, 0.3) is 0 Å². The summed E-state index contributed by atoms with van der Waals surface area (Å²) in [7, 11) is 0. The largest absolute Gasteiger partial charge is 0.480 e. The van der Waals surface area contributed by atoms with Gasteiger partial charge >= 0.3 is 5.97 Å². The van der Waals surface area contributed by atoms with Crippen molar-refractivity contribution in [2.24, 2.45) is 0 Å². The highest BCUT2D eigenvalue weighted by Gasteiger charge is 2.06. The molecule has 0 fully saturated rings. The zero-order valence-electron chi connectivity index (χ0n) is 8.26. The SMILES string of the molecule is CCN(CCn1ccnc1)CC(=O)O. The van der Waals surface area contributed by atoms with Crippen molar-refractivity contribution in [1.82, 2.24) is 14.5 Å². The van der Waals surface area contributed by atoms with Crippen LogP contribution in [0.3, 0.4) is 0 Å². The number of aromatic nitrogens is 2. The molecule has 0 unspecified atom stereocenters. The molecule has 0 radical (unpaired) electrons. The molecule has 0 aliphatic heterocycles. The molecule has 1 rings (SSSR count). The van der Waals surface area contributed by atoms with Gasteiger partial charge < -0.3 is 9.67 Å². The lowest BCUT2D eigenvalue weighted by Crippen LogP contribution is -2.32. The first kappa shape index (κ1) is 10.7. The molecule has 0 saturated heterocycles. The Morgan fingerprint density at radius 2 is 2.43 bits per heavy atom. The summed E-state index contributed by atoms with van der Waals surface area (Å²) >= 11 is 0. The number of carboxylic acids is 1. The number of imidazole rings is 1. The van der Waals surface area contributed by atoms with E-state index in [0.29, 0.717) is 0 Å². The number of rotatable bonds is 6. The number of nitrogens with zero attached hydrogens (tertiary/aromatic N) is 3. The van der Waals surface area contributed by atoms with Gasteiger partial charge in [-0.05, 0) is 6.54 Å². The first-order valence-corrected chi connectivity index (χ1v) is 4.62. The molecule has 0 aliphatic rings. The average molecular weight is 197 g/mol. The molecule has 1 N–H and O–H groups in total. The summed E-state index contributed by atoms with van der Waals surface area (Å²) in [6.45, 7) is 4.32. The number of hydrogen-bond acceptors (Lipinski definition) is 3. The molecule has 1 aromatic heterocycles. The van der Waals surface area contributed by atoms with E-state index in [-0.39, 0.29) is 6.54 Å². The van der Waals surface area contributed by atoms with Gasteiger partial charge in [0.1, 0.15) is 0 Å². The molecule has 0 bridgehead atoms. The minimum absolute atomic E-state index is 0.102. The van der Waals surface area contributed by atoms with Gasteiger partial charge in [-0.3, -0.25) is 9.69 Å². The highest BCUT2D eigenvalue weighted by Crippen LogP contribution is 1.91. The quantitative estimate of drug-likeness (QED) is 0.712. The Balaban J connectivity index is 2.30. The van der Waals surface area contributed by atoms with Crippen molar-refractivity contribution in [3.05, 3.63) is 18.7 Å². The Morgan fingerprint density at radius 3 is 2.93 bits per heavy atom. The van der Waals surface area contributed by atoms with E-state index in [1.165, 1.54) is 0 Å². The number of aliphatic carboxylic acids is 1. The second-order valence-electron chi connectivity index (χ2n) is 3.06. The lowest BCUT2D eigenvalue weighted by Gasteiger charge is -2.17. The molecular weight excluding hydrogens is 182 g/mol. The zero-order valence-corrected chi connectivity index (χ0v) is 8.26. The van der Waals surface area contributed by atoms with E-state index in [9.17, 15) is 4.79 Å². The predicted octanol–water partition coefficient (Wildman–Crippen LogP) is 0.290. The van der Waals surface area contributed by atoms with Gasteiger partial charge in [0.15, 0.2) is 0 Å². The molecule has 14 heavy (non-hydrogen) atoms. The van der Waals surface area contributed by atoms with Crippen LogP contribution < -0.4 is 0 Å². The molecular formula is C9H15N3O2. The first-order valence-electron chi connectivity index (χ1n) is 4.62. The second kappa shape index (κ2) is 5.39. The lowest BCUT2D eigenvalue weighted by molar-refractivity contribution is -0.138. The van der Waals surface area contributed by atoms with Crippen LogP contribution in [0.5, 0.6) is 0 Å². The molecule has 0 amide bonds. The summed E-state index contributed by atoms with van der Waals surface area (Å²) < 4.78 is 1.94. The van der Waals surface area contributed by atoms with Crippen LogP contribution in [0.2, 0.25) is 0 Å². The van der Waals surface area contributed by atoms with Crippen molar-refractivity contribution in [1.29, 1.82) is 0 Å². The van der Waals surface area contributed by atoms with Gasteiger partial charge in [0.25, 0.3) is 0 Å². The second-order valence-corrected chi connectivity index (χ2v) is 3.06. The third kappa shape index (κ3) is 3.57. The minimum Gasteiger partial charge on any atom is -0.480 e. The molecule has 0 atom stereocenters. The van der Waals surface area contributed by atoms with E-state index < -0.39 is 5.97 Å².